The Hall–Kier alpha value is -2.85. The molecule has 0 bridgehead atoms. The molecule has 0 aliphatic heterocycles. The first-order chi connectivity index (χ1) is 11.7. The van der Waals surface area contributed by atoms with Crippen LogP contribution in [0.15, 0.2) is 94.9 Å². The minimum absolute atomic E-state index is 0.237. The Labute approximate surface area is 140 Å². The summed E-state index contributed by atoms with van der Waals surface area (Å²) in [5, 5.41) is 1.14. The predicted octanol–water partition coefficient (Wildman–Crippen LogP) is 4.67. The number of sulfone groups is 1. The molecule has 0 spiro atoms. The number of nitrogens with one attached hydrogen (secondary N) is 1. The fourth-order valence-corrected chi connectivity index (χ4v) is 4.42. The molecule has 0 saturated heterocycles. The largest absolute Gasteiger partial charge is 0.345 e. The summed E-state index contributed by atoms with van der Waals surface area (Å²) in [5.74, 6) is 0. The fraction of sp³-hybridized carbons (Fsp3) is 0. The molecule has 0 amide bonds. The number of aromatic nitrogens is 1. The maximum Gasteiger partial charge on any atom is 0.222 e. The van der Waals surface area contributed by atoms with Crippen LogP contribution in [0.4, 0.5) is 0 Å². The van der Waals surface area contributed by atoms with Crippen molar-refractivity contribution in [1.29, 1.82) is 0 Å². The number of hydrogen-bond donors (Lipinski definition) is 1. The molecule has 1 N–H and O–H groups in total. The van der Waals surface area contributed by atoms with Crippen LogP contribution >= 0.6 is 0 Å². The number of para-hydroxylation sites is 1. The molecule has 118 valence electrons. The van der Waals surface area contributed by atoms with E-state index < -0.39 is 9.84 Å². The van der Waals surface area contributed by atoms with Crippen molar-refractivity contribution < 1.29 is 8.42 Å². The molecule has 0 radical (unpaired) electrons. The number of hydrogen-bond acceptors (Lipinski definition) is 2. The number of fused-ring (bicyclic) bond motifs is 1. The highest BCUT2D eigenvalue weighted by Crippen LogP contribution is 2.37. The smallest absolute Gasteiger partial charge is 0.222 e. The normalized spacial score (nSPS) is 11.7. The quantitative estimate of drug-likeness (QED) is 0.592. The number of H-pyrrole nitrogens is 1. The molecule has 1 heterocycles. The second kappa shape index (κ2) is 5.65. The van der Waals surface area contributed by atoms with Crippen LogP contribution in [0.5, 0.6) is 0 Å². The maximum atomic E-state index is 13.2. The summed E-state index contributed by atoms with van der Waals surface area (Å²) in [4.78, 5) is 3.40. The zero-order chi connectivity index (χ0) is 16.6. The Morgan fingerprint density at radius 3 is 1.96 bits per heavy atom. The van der Waals surface area contributed by atoms with Crippen molar-refractivity contribution in [3.05, 3.63) is 84.9 Å². The van der Waals surface area contributed by atoms with E-state index in [4.69, 9.17) is 0 Å². The van der Waals surface area contributed by atoms with Crippen molar-refractivity contribution in [2.75, 3.05) is 0 Å². The van der Waals surface area contributed by atoms with Gasteiger partial charge < -0.3 is 4.98 Å². The van der Waals surface area contributed by atoms with Crippen LogP contribution in [0.2, 0.25) is 0 Å². The van der Waals surface area contributed by atoms with Crippen LogP contribution in [0, 0.1) is 0 Å². The summed E-state index contributed by atoms with van der Waals surface area (Å²) >= 11 is 0. The van der Waals surface area contributed by atoms with E-state index >= 15 is 0 Å². The molecule has 4 rings (SSSR count). The SMILES string of the molecule is O=S(=O)(c1ccccc1)c1[nH]c2ccccc2c1-c1ccccc1. The van der Waals surface area contributed by atoms with Crippen molar-refractivity contribution >= 4 is 20.7 Å². The van der Waals surface area contributed by atoms with E-state index in [0.29, 0.717) is 0 Å². The second-order valence-corrected chi connectivity index (χ2v) is 7.44. The molecule has 3 aromatic carbocycles. The number of benzene rings is 3. The summed E-state index contributed by atoms with van der Waals surface area (Å²) in [6.45, 7) is 0. The van der Waals surface area contributed by atoms with Gasteiger partial charge in [0.2, 0.25) is 9.84 Å². The average Bonchev–Trinajstić information content (AvgIpc) is 3.03. The molecular weight excluding hydrogens is 318 g/mol. The Bertz CT molecular complexity index is 1100. The molecule has 24 heavy (non-hydrogen) atoms. The van der Waals surface area contributed by atoms with E-state index in [2.05, 4.69) is 4.98 Å². The van der Waals surface area contributed by atoms with Crippen LogP contribution < -0.4 is 0 Å². The Morgan fingerprint density at radius 1 is 0.667 bits per heavy atom. The molecular formula is C20H15NO2S. The van der Waals surface area contributed by atoms with Crippen molar-refractivity contribution in [3.8, 4) is 11.1 Å². The van der Waals surface area contributed by atoms with Gasteiger partial charge in [-0.05, 0) is 23.8 Å². The molecule has 0 atom stereocenters. The van der Waals surface area contributed by atoms with Gasteiger partial charge in [-0.1, -0.05) is 66.7 Å². The van der Waals surface area contributed by atoms with E-state index in [1.54, 1.807) is 24.3 Å². The van der Waals surface area contributed by atoms with Gasteiger partial charge in [0.25, 0.3) is 0 Å². The molecule has 0 aliphatic carbocycles. The van der Waals surface area contributed by atoms with Crippen molar-refractivity contribution in [1.82, 2.24) is 4.98 Å². The summed E-state index contributed by atoms with van der Waals surface area (Å²) in [6.07, 6.45) is 0. The molecule has 0 fully saturated rings. The van der Waals surface area contributed by atoms with Crippen molar-refractivity contribution in [3.63, 3.8) is 0 Å². The van der Waals surface area contributed by atoms with Crippen LogP contribution in [0.25, 0.3) is 22.0 Å². The van der Waals surface area contributed by atoms with Gasteiger partial charge >= 0.3 is 0 Å². The zero-order valence-electron chi connectivity index (χ0n) is 12.8. The molecule has 0 aliphatic rings. The number of rotatable bonds is 3. The Kier molecular flexibility index (Phi) is 3.47. The lowest BCUT2D eigenvalue weighted by molar-refractivity contribution is 0.593. The third kappa shape index (κ3) is 2.32. The lowest BCUT2D eigenvalue weighted by Crippen LogP contribution is -2.03. The van der Waals surface area contributed by atoms with Gasteiger partial charge in [-0.3, -0.25) is 0 Å². The summed E-state index contributed by atoms with van der Waals surface area (Å²) in [7, 11) is -3.64. The average molecular weight is 333 g/mol. The van der Waals surface area contributed by atoms with Gasteiger partial charge in [0.05, 0.1) is 4.90 Å². The third-order valence-corrected chi connectivity index (χ3v) is 5.79. The van der Waals surface area contributed by atoms with Crippen LogP contribution in [-0.4, -0.2) is 13.4 Å². The molecule has 4 aromatic rings. The summed E-state index contributed by atoms with van der Waals surface area (Å²) in [5.41, 5.74) is 2.41. The van der Waals surface area contributed by atoms with E-state index in [0.717, 1.165) is 22.0 Å². The highest BCUT2D eigenvalue weighted by molar-refractivity contribution is 7.91. The van der Waals surface area contributed by atoms with Gasteiger partial charge in [-0.25, -0.2) is 8.42 Å². The maximum absolute atomic E-state index is 13.2. The van der Waals surface area contributed by atoms with Crippen LogP contribution in [0.1, 0.15) is 0 Å². The highest BCUT2D eigenvalue weighted by atomic mass is 32.2. The van der Waals surface area contributed by atoms with E-state index in [1.165, 1.54) is 0 Å². The number of aromatic amines is 1. The molecule has 3 nitrogen and oxygen atoms in total. The lowest BCUT2D eigenvalue weighted by Gasteiger charge is -2.07. The van der Waals surface area contributed by atoms with E-state index in [1.807, 2.05) is 60.7 Å². The Balaban J connectivity index is 2.07. The first-order valence-electron chi connectivity index (χ1n) is 7.64. The van der Waals surface area contributed by atoms with Crippen LogP contribution in [-0.2, 0) is 9.84 Å². The van der Waals surface area contributed by atoms with Gasteiger partial charge in [-0.15, -0.1) is 0 Å². The standard InChI is InChI=1S/C20H15NO2S/c22-24(23,16-11-5-2-6-12-16)20-19(15-9-3-1-4-10-15)17-13-7-8-14-18(17)21-20/h1-14,21H. The zero-order valence-corrected chi connectivity index (χ0v) is 13.6. The topological polar surface area (TPSA) is 49.9 Å². The van der Waals surface area contributed by atoms with Crippen molar-refractivity contribution in [2.24, 2.45) is 0 Å². The lowest BCUT2D eigenvalue weighted by atomic mass is 10.1. The summed E-state index contributed by atoms with van der Waals surface area (Å²) in [6, 6.07) is 25.8. The molecule has 0 saturated carbocycles. The van der Waals surface area contributed by atoms with E-state index in [9.17, 15) is 8.42 Å². The second-order valence-electron chi connectivity index (χ2n) is 5.56. The minimum atomic E-state index is -3.64. The van der Waals surface area contributed by atoms with Gasteiger partial charge in [0.15, 0.2) is 0 Å². The third-order valence-electron chi connectivity index (χ3n) is 4.06. The van der Waals surface area contributed by atoms with Gasteiger partial charge in [0.1, 0.15) is 5.03 Å². The molecule has 1 aromatic heterocycles. The van der Waals surface area contributed by atoms with Crippen LogP contribution in [0.3, 0.4) is 0 Å². The van der Waals surface area contributed by atoms with Gasteiger partial charge in [0, 0.05) is 16.5 Å². The molecule has 0 unspecified atom stereocenters. The van der Waals surface area contributed by atoms with E-state index in [-0.39, 0.29) is 9.92 Å². The van der Waals surface area contributed by atoms with Gasteiger partial charge in [-0.2, -0.15) is 0 Å². The highest BCUT2D eigenvalue weighted by Gasteiger charge is 2.25. The predicted molar refractivity (Wildman–Crippen MR) is 95.6 cm³/mol. The minimum Gasteiger partial charge on any atom is -0.345 e. The first-order valence-corrected chi connectivity index (χ1v) is 9.12. The summed E-state index contributed by atoms with van der Waals surface area (Å²) < 4.78 is 26.3. The fourth-order valence-electron chi connectivity index (χ4n) is 2.93. The molecule has 4 heteroatoms. The van der Waals surface area contributed by atoms with Crippen molar-refractivity contribution in [2.45, 2.75) is 9.92 Å². The monoisotopic (exact) mass is 333 g/mol. The first kappa shape index (κ1) is 14.7. The Morgan fingerprint density at radius 2 is 1.25 bits per heavy atom.